The number of aliphatic hydroxyl groups is 1. The van der Waals surface area contributed by atoms with E-state index in [4.69, 9.17) is 10.1 Å². The van der Waals surface area contributed by atoms with Crippen molar-refractivity contribution in [1.29, 1.82) is 0 Å². The van der Waals surface area contributed by atoms with E-state index in [9.17, 15) is 0 Å². The van der Waals surface area contributed by atoms with Gasteiger partial charge in [-0.15, -0.1) is 0 Å². The predicted octanol–water partition coefficient (Wildman–Crippen LogP) is 2.59. The smallest absolute Gasteiger partial charge is 0.222 e. The first kappa shape index (κ1) is 16.2. The average molecular weight is 346 g/mol. The van der Waals surface area contributed by atoms with Crippen LogP contribution in [0.3, 0.4) is 0 Å². The number of pyridine rings is 1. The van der Waals surface area contributed by atoms with Crippen LogP contribution in [0.15, 0.2) is 55.1 Å². The molecule has 3 heterocycles. The third-order valence-electron chi connectivity index (χ3n) is 4.05. The Labute approximate surface area is 150 Å². The van der Waals surface area contributed by atoms with Crippen molar-refractivity contribution in [1.82, 2.24) is 24.5 Å². The summed E-state index contributed by atoms with van der Waals surface area (Å²) < 4.78 is 2.06. The number of anilines is 1. The number of rotatable bonds is 5. The lowest BCUT2D eigenvalue weighted by Crippen LogP contribution is -2.08. The Hall–Kier alpha value is -3.32. The van der Waals surface area contributed by atoms with Gasteiger partial charge >= 0.3 is 0 Å². The maximum Gasteiger partial charge on any atom is 0.222 e. The minimum absolute atomic E-state index is 0.0291. The van der Waals surface area contributed by atoms with E-state index in [1.54, 1.807) is 18.6 Å². The van der Waals surface area contributed by atoms with Crippen molar-refractivity contribution < 1.29 is 5.11 Å². The van der Waals surface area contributed by atoms with Crippen molar-refractivity contribution in [2.24, 2.45) is 0 Å². The molecule has 1 aromatic carbocycles. The van der Waals surface area contributed by atoms with Crippen LogP contribution in [0.5, 0.6) is 0 Å². The molecule has 0 bridgehead atoms. The molecule has 4 aromatic rings. The lowest BCUT2D eigenvalue weighted by molar-refractivity contribution is 0.311. The molecule has 0 saturated carbocycles. The van der Waals surface area contributed by atoms with E-state index in [0.717, 1.165) is 28.1 Å². The SMILES string of the molecule is Cc1ccc(-n2c(-c3cnc(NCCO)nc3)nc3ccncc32)cc1. The number of nitrogens with one attached hydrogen (secondary N) is 1. The Bertz CT molecular complexity index is 1020. The van der Waals surface area contributed by atoms with E-state index in [1.807, 2.05) is 12.3 Å². The van der Waals surface area contributed by atoms with Gasteiger partial charge in [0, 0.05) is 30.8 Å². The van der Waals surface area contributed by atoms with Gasteiger partial charge in [-0.3, -0.25) is 9.55 Å². The fourth-order valence-corrected chi connectivity index (χ4v) is 2.78. The maximum atomic E-state index is 8.89. The summed E-state index contributed by atoms with van der Waals surface area (Å²) in [5.41, 5.74) is 4.78. The van der Waals surface area contributed by atoms with Crippen molar-refractivity contribution >= 4 is 17.0 Å². The van der Waals surface area contributed by atoms with Crippen LogP contribution in [0.4, 0.5) is 5.95 Å². The van der Waals surface area contributed by atoms with Crippen LogP contribution in [-0.4, -0.2) is 42.8 Å². The van der Waals surface area contributed by atoms with Crippen molar-refractivity contribution in [3.8, 4) is 17.1 Å². The molecule has 0 aliphatic rings. The Balaban J connectivity index is 1.84. The molecule has 0 spiro atoms. The Morgan fingerprint density at radius 2 is 1.81 bits per heavy atom. The van der Waals surface area contributed by atoms with Crippen LogP contribution in [-0.2, 0) is 0 Å². The number of benzene rings is 1. The number of hydrogen-bond donors (Lipinski definition) is 2. The molecule has 0 amide bonds. The first-order chi connectivity index (χ1) is 12.8. The molecule has 7 nitrogen and oxygen atoms in total. The summed E-state index contributed by atoms with van der Waals surface area (Å²) in [7, 11) is 0. The highest BCUT2D eigenvalue weighted by molar-refractivity contribution is 5.82. The Morgan fingerprint density at radius 1 is 1.04 bits per heavy atom. The molecule has 0 saturated heterocycles. The van der Waals surface area contributed by atoms with Crippen LogP contribution in [0, 0.1) is 6.92 Å². The molecular formula is C19H18N6O. The molecular weight excluding hydrogens is 328 g/mol. The van der Waals surface area contributed by atoms with Crippen molar-refractivity contribution in [3.05, 3.63) is 60.7 Å². The number of aromatic nitrogens is 5. The molecule has 2 N–H and O–H groups in total. The summed E-state index contributed by atoms with van der Waals surface area (Å²) >= 11 is 0. The zero-order valence-corrected chi connectivity index (χ0v) is 14.3. The highest BCUT2D eigenvalue weighted by Gasteiger charge is 2.15. The molecule has 0 radical (unpaired) electrons. The van der Waals surface area contributed by atoms with Crippen LogP contribution in [0.25, 0.3) is 28.1 Å². The minimum atomic E-state index is 0.0291. The second-order valence-electron chi connectivity index (χ2n) is 5.92. The fraction of sp³-hybridized carbons (Fsp3) is 0.158. The number of nitrogens with zero attached hydrogens (tertiary/aromatic N) is 5. The van der Waals surface area contributed by atoms with Gasteiger partial charge in [0.25, 0.3) is 0 Å². The standard InChI is InChI=1S/C19H18N6O/c1-13-2-4-15(5-3-13)25-17-12-20-7-6-16(17)24-18(25)14-10-22-19(23-11-14)21-8-9-26/h2-7,10-12,26H,8-9H2,1H3,(H,21,22,23). The minimum Gasteiger partial charge on any atom is -0.395 e. The van der Waals surface area contributed by atoms with Crippen LogP contribution in [0.2, 0.25) is 0 Å². The van der Waals surface area contributed by atoms with E-state index in [0.29, 0.717) is 12.5 Å². The Morgan fingerprint density at radius 3 is 2.54 bits per heavy atom. The fourth-order valence-electron chi connectivity index (χ4n) is 2.78. The topological polar surface area (TPSA) is 88.8 Å². The number of fused-ring (bicyclic) bond motifs is 1. The zero-order chi connectivity index (χ0) is 17.9. The van der Waals surface area contributed by atoms with Gasteiger partial charge in [-0.25, -0.2) is 15.0 Å². The lowest BCUT2D eigenvalue weighted by atomic mass is 10.2. The monoisotopic (exact) mass is 346 g/mol. The molecule has 26 heavy (non-hydrogen) atoms. The van der Waals surface area contributed by atoms with Gasteiger partial charge in [0.1, 0.15) is 5.82 Å². The third-order valence-corrected chi connectivity index (χ3v) is 4.05. The summed E-state index contributed by atoms with van der Waals surface area (Å²) in [5.74, 6) is 1.23. The summed E-state index contributed by atoms with van der Waals surface area (Å²) in [4.78, 5) is 17.6. The van der Waals surface area contributed by atoms with E-state index in [2.05, 4.69) is 56.0 Å². The van der Waals surface area contributed by atoms with Crippen LogP contribution < -0.4 is 5.32 Å². The average Bonchev–Trinajstić information content (AvgIpc) is 3.07. The number of aliphatic hydroxyl groups excluding tert-OH is 1. The lowest BCUT2D eigenvalue weighted by Gasteiger charge is -2.10. The van der Waals surface area contributed by atoms with Crippen molar-refractivity contribution in [2.45, 2.75) is 6.92 Å². The molecule has 3 aromatic heterocycles. The number of aryl methyl sites for hydroxylation is 1. The summed E-state index contributed by atoms with van der Waals surface area (Å²) in [6, 6.07) is 10.1. The quantitative estimate of drug-likeness (QED) is 0.577. The largest absolute Gasteiger partial charge is 0.395 e. The van der Waals surface area contributed by atoms with Crippen LogP contribution in [0.1, 0.15) is 5.56 Å². The van der Waals surface area contributed by atoms with Gasteiger partial charge in [-0.05, 0) is 25.1 Å². The second-order valence-corrected chi connectivity index (χ2v) is 5.92. The van der Waals surface area contributed by atoms with Gasteiger partial charge in [-0.1, -0.05) is 17.7 Å². The summed E-state index contributed by atoms with van der Waals surface area (Å²) in [5, 5.41) is 11.8. The normalized spacial score (nSPS) is 11.0. The number of hydrogen-bond acceptors (Lipinski definition) is 6. The highest BCUT2D eigenvalue weighted by Crippen LogP contribution is 2.27. The molecule has 0 aliphatic heterocycles. The van der Waals surface area contributed by atoms with Gasteiger partial charge in [0.05, 0.1) is 29.4 Å². The summed E-state index contributed by atoms with van der Waals surface area (Å²) in [6.45, 7) is 2.50. The first-order valence-electron chi connectivity index (χ1n) is 8.33. The van der Waals surface area contributed by atoms with Gasteiger partial charge in [0.15, 0.2) is 0 Å². The van der Waals surface area contributed by atoms with Gasteiger partial charge in [-0.2, -0.15) is 0 Å². The molecule has 0 atom stereocenters. The molecule has 4 rings (SSSR count). The zero-order valence-electron chi connectivity index (χ0n) is 14.3. The first-order valence-corrected chi connectivity index (χ1v) is 8.33. The summed E-state index contributed by atoms with van der Waals surface area (Å²) in [6.07, 6.45) is 7.00. The highest BCUT2D eigenvalue weighted by atomic mass is 16.3. The number of imidazole rings is 1. The van der Waals surface area contributed by atoms with Crippen molar-refractivity contribution in [2.75, 3.05) is 18.5 Å². The molecule has 0 fully saturated rings. The molecule has 0 unspecified atom stereocenters. The third kappa shape index (κ3) is 3.00. The van der Waals surface area contributed by atoms with E-state index in [-0.39, 0.29) is 6.61 Å². The molecule has 7 heteroatoms. The van der Waals surface area contributed by atoms with E-state index < -0.39 is 0 Å². The maximum absolute atomic E-state index is 8.89. The van der Waals surface area contributed by atoms with Crippen molar-refractivity contribution in [3.63, 3.8) is 0 Å². The molecule has 0 aliphatic carbocycles. The van der Waals surface area contributed by atoms with Crippen LogP contribution >= 0.6 is 0 Å². The predicted molar refractivity (Wildman–Crippen MR) is 100 cm³/mol. The Kier molecular flexibility index (Phi) is 4.28. The van der Waals surface area contributed by atoms with E-state index >= 15 is 0 Å². The second kappa shape index (κ2) is 6.89. The molecule has 130 valence electrons. The van der Waals surface area contributed by atoms with Gasteiger partial charge in [0.2, 0.25) is 5.95 Å². The van der Waals surface area contributed by atoms with E-state index in [1.165, 1.54) is 5.56 Å². The van der Waals surface area contributed by atoms with Gasteiger partial charge < -0.3 is 10.4 Å².